The molecule has 12 nitrogen and oxygen atoms in total. The van der Waals surface area contributed by atoms with E-state index in [1.807, 2.05) is 0 Å². The van der Waals surface area contributed by atoms with Gasteiger partial charge in [0, 0.05) is 17.9 Å². The lowest BCUT2D eigenvalue weighted by Crippen LogP contribution is -2.68. The fourth-order valence-electron chi connectivity index (χ4n) is 7.89. The summed E-state index contributed by atoms with van der Waals surface area (Å²) in [4.78, 5) is 53.9. The predicted molar refractivity (Wildman–Crippen MR) is 179 cm³/mol. The van der Waals surface area contributed by atoms with E-state index in [2.05, 4.69) is 12.2 Å². The highest BCUT2D eigenvalue weighted by Crippen LogP contribution is 2.56. The number of primary amides is 1. The summed E-state index contributed by atoms with van der Waals surface area (Å²) in [7, 11) is 2.96. The summed E-state index contributed by atoms with van der Waals surface area (Å²) in [5, 5.41) is 59.9. The molecular formula is C36H51N3O9. The van der Waals surface area contributed by atoms with Crippen LogP contribution in [-0.2, 0) is 14.4 Å². The van der Waals surface area contributed by atoms with Crippen molar-refractivity contribution < 1.29 is 44.7 Å². The third-order valence-corrected chi connectivity index (χ3v) is 10.4. The Bertz CT molecular complexity index is 1500. The topological polar surface area (TPSA) is 211 Å². The van der Waals surface area contributed by atoms with Crippen molar-refractivity contribution in [3.05, 3.63) is 45.9 Å². The van der Waals surface area contributed by atoms with E-state index < -0.39 is 81.4 Å². The SMILES string of the molecule is CCCCCCCCCCCCCC(=O)Nc1ccc2c(c1O)C(=O)C1=C(O)C3(O)C(=O)C(C(N)=O)=C(O)C(N(C)C)C3C(O)C1C2C. The number of benzene rings is 1. The molecule has 2 amide bonds. The Morgan fingerprint density at radius 3 is 2.04 bits per heavy atom. The van der Waals surface area contributed by atoms with E-state index in [4.69, 9.17) is 5.73 Å². The van der Waals surface area contributed by atoms with Gasteiger partial charge in [-0.2, -0.15) is 0 Å². The number of aliphatic hydroxyl groups is 4. The van der Waals surface area contributed by atoms with Crippen molar-refractivity contribution >= 4 is 29.1 Å². The number of nitrogens with two attached hydrogens (primary N) is 1. The van der Waals surface area contributed by atoms with Crippen LogP contribution >= 0.6 is 0 Å². The van der Waals surface area contributed by atoms with E-state index in [1.165, 1.54) is 70.0 Å². The van der Waals surface area contributed by atoms with Gasteiger partial charge in [0.15, 0.2) is 17.1 Å². The molecule has 8 N–H and O–H groups in total. The maximum absolute atomic E-state index is 14.0. The van der Waals surface area contributed by atoms with Gasteiger partial charge in [-0.05, 0) is 38.1 Å². The van der Waals surface area contributed by atoms with Gasteiger partial charge in [-0.25, -0.2) is 0 Å². The summed E-state index contributed by atoms with van der Waals surface area (Å²) in [6.07, 6.45) is 11.1. The second kappa shape index (κ2) is 15.2. The minimum absolute atomic E-state index is 0.0147. The van der Waals surface area contributed by atoms with Crippen LogP contribution in [0.25, 0.3) is 0 Å². The average molecular weight is 670 g/mol. The van der Waals surface area contributed by atoms with Gasteiger partial charge in [0.25, 0.3) is 5.91 Å². The lowest BCUT2D eigenvalue weighted by Gasteiger charge is -2.53. The Hall–Kier alpha value is -3.74. The van der Waals surface area contributed by atoms with Gasteiger partial charge in [0.1, 0.15) is 17.1 Å². The molecule has 0 saturated heterocycles. The van der Waals surface area contributed by atoms with Crippen molar-refractivity contribution in [2.75, 3.05) is 19.4 Å². The van der Waals surface area contributed by atoms with Gasteiger partial charge in [0.05, 0.1) is 29.3 Å². The molecule has 0 spiro atoms. The van der Waals surface area contributed by atoms with Crippen LogP contribution in [0, 0.1) is 11.8 Å². The number of unbranched alkanes of at least 4 members (excludes halogenated alkanes) is 10. The third kappa shape index (κ3) is 6.62. The first-order valence-electron chi connectivity index (χ1n) is 17.2. The molecule has 0 bridgehead atoms. The summed E-state index contributed by atoms with van der Waals surface area (Å²) in [5.41, 5.74) is 0.994. The summed E-state index contributed by atoms with van der Waals surface area (Å²) >= 11 is 0. The van der Waals surface area contributed by atoms with Crippen molar-refractivity contribution in [3.63, 3.8) is 0 Å². The number of anilines is 1. The lowest BCUT2D eigenvalue weighted by molar-refractivity contribution is -0.162. The molecule has 264 valence electrons. The normalized spacial score (nSPS) is 26.8. The van der Waals surface area contributed by atoms with E-state index in [0.29, 0.717) is 12.0 Å². The molecule has 12 heteroatoms. The first-order valence-corrected chi connectivity index (χ1v) is 17.2. The van der Waals surface area contributed by atoms with Crippen molar-refractivity contribution in [2.24, 2.45) is 17.6 Å². The van der Waals surface area contributed by atoms with Crippen LogP contribution in [0.15, 0.2) is 34.8 Å². The number of phenols is 1. The van der Waals surface area contributed by atoms with Crippen LogP contribution < -0.4 is 11.1 Å². The maximum Gasteiger partial charge on any atom is 0.255 e. The summed E-state index contributed by atoms with van der Waals surface area (Å²) < 4.78 is 0. The number of nitrogens with zero attached hydrogens (tertiary/aromatic N) is 1. The van der Waals surface area contributed by atoms with Gasteiger partial charge < -0.3 is 36.6 Å². The van der Waals surface area contributed by atoms with Crippen LogP contribution in [-0.4, -0.2) is 85.7 Å². The number of carbonyl (C=O) groups excluding carboxylic acids is 4. The zero-order chi connectivity index (χ0) is 35.5. The smallest absolute Gasteiger partial charge is 0.255 e. The summed E-state index contributed by atoms with van der Waals surface area (Å²) in [5.74, 6) is -9.96. The molecule has 6 atom stereocenters. The number of likely N-dealkylation sites (N-methyl/N-ethyl adjacent to an activating group) is 1. The van der Waals surface area contributed by atoms with Crippen LogP contribution in [0.2, 0.25) is 0 Å². The molecule has 0 radical (unpaired) electrons. The van der Waals surface area contributed by atoms with Crippen LogP contribution in [0.1, 0.15) is 113 Å². The highest BCUT2D eigenvalue weighted by Gasteiger charge is 2.67. The number of rotatable bonds is 15. The number of fused-ring (bicyclic) bond motifs is 3. The molecule has 0 heterocycles. The van der Waals surface area contributed by atoms with Gasteiger partial charge in [0.2, 0.25) is 11.7 Å². The Morgan fingerprint density at radius 1 is 0.938 bits per heavy atom. The molecule has 0 aromatic heterocycles. The van der Waals surface area contributed by atoms with E-state index in [-0.39, 0.29) is 23.6 Å². The number of aromatic hydroxyl groups is 1. The van der Waals surface area contributed by atoms with Gasteiger partial charge in [-0.3, -0.25) is 24.1 Å². The van der Waals surface area contributed by atoms with Crippen molar-refractivity contribution in [3.8, 4) is 5.75 Å². The largest absolute Gasteiger partial charge is 0.510 e. The molecule has 6 unspecified atom stereocenters. The Kier molecular flexibility index (Phi) is 11.8. The van der Waals surface area contributed by atoms with Crippen molar-refractivity contribution in [1.82, 2.24) is 4.90 Å². The Balaban J connectivity index is 1.53. The van der Waals surface area contributed by atoms with Crippen molar-refractivity contribution in [2.45, 2.75) is 115 Å². The second-order valence-electron chi connectivity index (χ2n) is 13.8. The summed E-state index contributed by atoms with van der Waals surface area (Å²) in [6.45, 7) is 3.86. The van der Waals surface area contributed by atoms with E-state index in [0.717, 1.165) is 19.3 Å². The molecule has 4 rings (SSSR count). The van der Waals surface area contributed by atoms with E-state index >= 15 is 0 Å². The molecular weight excluding hydrogens is 618 g/mol. The number of ketones is 2. The first-order chi connectivity index (χ1) is 22.7. The number of carbonyl (C=O) groups is 4. The number of nitrogens with one attached hydrogen (secondary N) is 1. The van der Waals surface area contributed by atoms with Gasteiger partial charge in [-0.15, -0.1) is 0 Å². The number of phenolic OH excluding ortho intramolecular Hbond substituents is 1. The Morgan fingerprint density at radius 2 is 1.50 bits per heavy atom. The number of hydrogen-bond acceptors (Lipinski definition) is 10. The highest BCUT2D eigenvalue weighted by molar-refractivity contribution is 6.25. The molecule has 3 aliphatic rings. The highest BCUT2D eigenvalue weighted by atomic mass is 16.4. The average Bonchev–Trinajstić information content (AvgIpc) is 3.02. The lowest BCUT2D eigenvalue weighted by atomic mass is 9.55. The minimum Gasteiger partial charge on any atom is -0.510 e. The fraction of sp³-hybridized carbons (Fsp3) is 0.611. The van der Waals surface area contributed by atoms with Crippen LogP contribution in [0.5, 0.6) is 5.75 Å². The number of hydrogen-bond donors (Lipinski definition) is 7. The maximum atomic E-state index is 14.0. The third-order valence-electron chi connectivity index (χ3n) is 10.4. The van der Waals surface area contributed by atoms with Crippen molar-refractivity contribution in [1.29, 1.82) is 0 Å². The zero-order valence-electron chi connectivity index (χ0n) is 28.4. The molecule has 0 saturated carbocycles. The fourth-order valence-corrected chi connectivity index (χ4v) is 7.89. The van der Waals surface area contributed by atoms with E-state index in [1.54, 1.807) is 13.0 Å². The number of amides is 2. The van der Waals surface area contributed by atoms with Gasteiger partial charge >= 0.3 is 0 Å². The van der Waals surface area contributed by atoms with Crippen LogP contribution in [0.3, 0.4) is 0 Å². The minimum atomic E-state index is -2.99. The Labute approximate surface area is 281 Å². The summed E-state index contributed by atoms with van der Waals surface area (Å²) in [6, 6.07) is 1.69. The standard InChI is InChI=1S/C36H51N3O9/c1-5-6-7-8-9-10-11-12-13-14-15-16-22(40)38-21-18-17-20-19(2)23-25(30(42)24(20)29(21)41)33(45)36(48)27(31(23)43)28(39(3)4)32(44)26(34(36)46)35(37)47/h17-19,23,27-28,31,41,43-45,48H,5-16H2,1-4H3,(H2,37,47)(H,38,40). The number of Topliss-reactive ketones (excluding diaryl/α,β-unsaturated/α-hetero) is 2. The van der Waals surface area contributed by atoms with E-state index in [9.17, 15) is 44.7 Å². The number of aliphatic hydroxyl groups excluding tert-OH is 3. The van der Waals surface area contributed by atoms with Crippen LogP contribution in [0.4, 0.5) is 5.69 Å². The predicted octanol–water partition coefficient (Wildman–Crippen LogP) is 4.29. The molecule has 3 aliphatic carbocycles. The molecule has 1 aromatic rings. The molecule has 1 aromatic carbocycles. The second-order valence-corrected chi connectivity index (χ2v) is 13.8. The zero-order valence-corrected chi connectivity index (χ0v) is 28.4. The molecule has 0 aliphatic heterocycles. The van der Waals surface area contributed by atoms with Gasteiger partial charge in [-0.1, -0.05) is 84.1 Å². The first kappa shape index (κ1) is 37.1. The molecule has 0 fully saturated rings. The molecule has 48 heavy (non-hydrogen) atoms. The quantitative estimate of drug-likeness (QED) is 0.0800. The monoisotopic (exact) mass is 669 g/mol.